The number of hydrogen-bond donors (Lipinski definition) is 5. The Morgan fingerprint density at radius 2 is 1.02 bits per heavy atom. The Labute approximate surface area is 413 Å². The van der Waals surface area contributed by atoms with Crippen molar-refractivity contribution < 1.29 is 27.8 Å². The standard InChI is InChI=1S/5C10H15NOS/c1-7-6-13-9-3-4-12-8(5-11-2)10(7)9;2*1-2-11-7-9-8-4-6-13-10(8)3-5-12-9;2*1-2-7-5-8-9(6-11)12-4-3-10(8)13-7/h6,8,11H,3-5H2,1-2H3;2*4,6,9,11H,2-3,5,7H2,1H3;2*5,9H,2-4,6,11H2,1H3/t8-;4*9-/m01010/s1/i2D3;;;;. The fraction of sp³-hybridized carbons (Fsp3) is 0.600. The maximum Gasteiger partial charge on any atom is 0.0962 e. The van der Waals surface area contributed by atoms with Crippen LogP contribution in [0.15, 0.2) is 40.4 Å². The van der Waals surface area contributed by atoms with Crippen LogP contribution in [-0.2, 0) is 68.6 Å². The van der Waals surface area contributed by atoms with E-state index in [9.17, 15) is 0 Å². The van der Waals surface area contributed by atoms with Gasteiger partial charge in [0.25, 0.3) is 0 Å². The number of ether oxygens (including phenoxy) is 5. The second-order valence-corrected chi connectivity index (χ2v) is 21.7. The van der Waals surface area contributed by atoms with Gasteiger partial charge in [0.15, 0.2) is 0 Å². The average Bonchev–Trinajstić information content (AvgIpc) is 4.22. The van der Waals surface area contributed by atoms with E-state index in [0.717, 1.165) is 97.6 Å². The second-order valence-electron chi connectivity index (χ2n) is 16.3. The summed E-state index contributed by atoms with van der Waals surface area (Å²) >= 11 is 9.29. The van der Waals surface area contributed by atoms with Gasteiger partial charge in [-0.05, 0) is 114 Å². The van der Waals surface area contributed by atoms with Crippen LogP contribution in [0.2, 0.25) is 0 Å². The number of hydrogen-bond acceptors (Lipinski definition) is 15. The molecule has 0 radical (unpaired) electrons. The molecule has 0 aliphatic carbocycles. The van der Waals surface area contributed by atoms with Crippen molar-refractivity contribution in [2.24, 2.45) is 11.5 Å². The Balaban J connectivity index is 0.000000140. The van der Waals surface area contributed by atoms with E-state index >= 15 is 0 Å². The zero-order valence-electron chi connectivity index (χ0n) is 42.1. The molecule has 0 aromatic carbocycles. The van der Waals surface area contributed by atoms with Crippen molar-refractivity contribution in [2.45, 2.75) is 110 Å². The predicted molar refractivity (Wildman–Crippen MR) is 276 cm³/mol. The van der Waals surface area contributed by atoms with Gasteiger partial charge in [0.05, 0.1) is 63.6 Å². The van der Waals surface area contributed by atoms with Gasteiger partial charge in [-0.25, -0.2) is 0 Å². The zero-order valence-corrected chi connectivity index (χ0v) is 43.2. The summed E-state index contributed by atoms with van der Waals surface area (Å²) in [6, 6.07) is 8.91. The highest BCUT2D eigenvalue weighted by atomic mass is 32.1. The number of thiophene rings is 5. The number of aryl methyl sites for hydroxylation is 3. The maximum absolute atomic E-state index is 7.12. The molecule has 10 heterocycles. The molecule has 0 fully saturated rings. The normalized spacial score (nSPS) is 22.4. The molecule has 10 rings (SSSR count). The molecule has 5 aliphatic heterocycles. The highest BCUT2D eigenvalue weighted by molar-refractivity contribution is 7.12. The van der Waals surface area contributed by atoms with Gasteiger partial charge in [0, 0.05) is 103 Å². The Morgan fingerprint density at radius 3 is 1.46 bits per heavy atom. The molecule has 0 saturated heterocycles. The van der Waals surface area contributed by atoms with Gasteiger partial charge in [0.1, 0.15) is 0 Å². The van der Waals surface area contributed by atoms with Crippen molar-refractivity contribution in [3.8, 4) is 0 Å². The van der Waals surface area contributed by atoms with Crippen molar-refractivity contribution >= 4 is 56.7 Å². The minimum absolute atomic E-state index is 0.115. The van der Waals surface area contributed by atoms with E-state index in [4.69, 9.17) is 39.3 Å². The molecule has 5 aliphatic rings. The Morgan fingerprint density at radius 1 is 0.569 bits per heavy atom. The fourth-order valence-corrected chi connectivity index (χ4v) is 13.7. The van der Waals surface area contributed by atoms with Gasteiger partial charge in [-0.1, -0.05) is 27.7 Å². The lowest BCUT2D eigenvalue weighted by molar-refractivity contribution is 0.0441. The summed E-state index contributed by atoms with van der Waals surface area (Å²) < 4.78 is 49.6. The number of fused-ring (bicyclic) bond motifs is 5. The lowest BCUT2D eigenvalue weighted by atomic mass is 10.0. The van der Waals surface area contributed by atoms with E-state index in [1.54, 1.807) is 11.3 Å². The highest BCUT2D eigenvalue weighted by Crippen LogP contribution is 2.36. The largest absolute Gasteiger partial charge is 0.372 e. The molecule has 15 heteroatoms. The molecule has 360 valence electrons. The first-order valence-electron chi connectivity index (χ1n) is 25.1. The van der Waals surface area contributed by atoms with Gasteiger partial charge in [-0.2, -0.15) is 0 Å². The van der Waals surface area contributed by atoms with Crippen LogP contribution in [0.1, 0.15) is 130 Å². The van der Waals surface area contributed by atoms with E-state index in [-0.39, 0.29) is 30.5 Å². The minimum Gasteiger partial charge on any atom is -0.372 e. The van der Waals surface area contributed by atoms with Crippen molar-refractivity contribution in [1.29, 1.82) is 0 Å². The molecule has 5 aromatic rings. The molecule has 0 saturated carbocycles. The van der Waals surface area contributed by atoms with Gasteiger partial charge in [-0.15, -0.1) is 56.7 Å². The summed E-state index contributed by atoms with van der Waals surface area (Å²) in [6.07, 6.45) is 8.27. The van der Waals surface area contributed by atoms with Crippen molar-refractivity contribution in [3.63, 3.8) is 0 Å². The van der Waals surface area contributed by atoms with Crippen LogP contribution in [0.25, 0.3) is 0 Å². The first-order chi connectivity index (χ1) is 33.0. The predicted octanol–water partition coefficient (Wildman–Crippen LogP) is 9.60. The highest BCUT2D eigenvalue weighted by Gasteiger charge is 2.26. The molecule has 5 atom stereocenters. The second kappa shape index (κ2) is 27.9. The first kappa shape index (κ1) is 48.1. The molecule has 0 spiro atoms. The summed E-state index contributed by atoms with van der Waals surface area (Å²) in [5.74, 6) is 0. The van der Waals surface area contributed by atoms with Crippen molar-refractivity contribution in [3.05, 3.63) is 108 Å². The monoisotopic (exact) mass is 988 g/mol. The third-order valence-corrected chi connectivity index (χ3v) is 17.9. The van der Waals surface area contributed by atoms with Crippen LogP contribution in [0.4, 0.5) is 0 Å². The van der Waals surface area contributed by atoms with Crippen LogP contribution in [0, 0.1) is 6.92 Å². The van der Waals surface area contributed by atoms with Crippen molar-refractivity contribution in [2.75, 3.05) is 85.8 Å². The lowest BCUT2D eigenvalue weighted by Crippen LogP contribution is -2.26. The van der Waals surface area contributed by atoms with Crippen LogP contribution in [0.3, 0.4) is 0 Å². The van der Waals surface area contributed by atoms with E-state index in [1.165, 1.54) is 67.5 Å². The van der Waals surface area contributed by atoms with E-state index in [1.807, 2.05) is 52.3 Å². The number of nitrogens with two attached hydrogens (primary N) is 2. The van der Waals surface area contributed by atoms with Crippen LogP contribution in [-0.4, -0.2) is 85.8 Å². The van der Waals surface area contributed by atoms with Crippen molar-refractivity contribution in [1.82, 2.24) is 16.0 Å². The molecule has 0 bridgehead atoms. The fourth-order valence-electron chi connectivity index (χ4n) is 8.54. The van der Waals surface area contributed by atoms with Gasteiger partial charge in [0.2, 0.25) is 0 Å². The smallest absolute Gasteiger partial charge is 0.0962 e. The minimum atomic E-state index is -2.09. The van der Waals surface area contributed by atoms with Crippen LogP contribution >= 0.6 is 56.7 Å². The third-order valence-electron chi connectivity index (χ3n) is 12.0. The molecule has 65 heavy (non-hydrogen) atoms. The van der Waals surface area contributed by atoms with Gasteiger partial charge >= 0.3 is 0 Å². The van der Waals surface area contributed by atoms with Crippen LogP contribution < -0.4 is 27.4 Å². The van der Waals surface area contributed by atoms with Crippen LogP contribution in [0.5, 0.6) is 0 Å². The summed E-state index contributed by atoms with van der Waals surface area (Å²) in [7, 11) is 0. The molecule has 7 N–H and O–H groups in total. The Bertz CT molecular complexity index is 2110. The summed E-state index contributed by atoms with van der Waals surface area (Å²) in [5, 5.41) is 15.6. The number of nitrogens with one attached hydrogen (secondary N) is 3. The molecule has 5 aromatic heterocycles. The third kappa shape index (κ3) is 14.6. The molecule has 0 amide bonds. The summed E-state index contributed by atoms with van der Waals surface area (Å²) in [5.41, 5.74) is 19.2. The van der Waals surface area contributed by atoms with E-state index in [0.29, 0.717) is 26.2 Å². The first-order valence-corrected chi connectivity index (χ1v) is 27.8. The number of rotatable bonds is 12. The van der Waals surface area contributed by atoms with Gasteiger partial charge in [-0.3, -0.25) is 0 Å². The van der Waals surface area contributed by atoms with E-state index < -0.39 is 6.98 Å². The quantitative estimate of drug-likeness (QED) is 0.0824. The maximum atomic E-state index is 7.12. The molecular formula is C50H75N5O5S5. The average molecular weight is 990 g/mol. The number of likely N-dealkylation sites (N-methyl/N-ethyl adjacent to an activating group) is 3. The SMILES string of the molecule is CCNC[C@@H]1OCCc2sccc21.CCNC[C@H]1OCCc2sccc21.CCc1cc2c(s1)CCO[C@@H]2CN.CCc1cc2c(s1)CCO[C@H]2CN.[2H]C([2H])([2H])NC[C@@H]1OCCc2scc(C)c21. The van der Waals surface area contributed by atoms with Gasteiger partial charge < -0.3 is 51.1 Å². The van der Waals surface area contributed by atoms with E-state index in [2.05, 4.69) is 84.1 Å². The summed E-state index contributed by atoms with van der Waals surface area (Å²) in [6.45, 7) is 18.2. The lowest BCUT2D eigenvalue weighted by Gasteiger charge is -2.24. The Hall–Kier alpha value is -1.90. The zero-order chi connectivity index (χ0) is 48.5. The molecule has 10 nitrogen and oxygen atoms in total. The topological polar surface area (TPSA) is 134 Å². The molecular weight excluding hydrogens is 911 g/mol. The Kier molecular flexibility index (Phi) is 20.7. The summed E-state index contributed by atoms with van der Waals surface area (Å²) in [4.78, 5) is 10.2. The molecule has 0 unspecified atom stereocenters.